The second-order valence-corrected chi connectivity index (χ2v) is 6.25. The molecule has 2 fully saturated rings. The van der Waals surface area contributed by atoms with Gasteiger partial charge in [0, 0.05) is 18.5 Å². The summed E-state index contributed by atoms with van der Waals surface area (Å²) in [6.07, 6.45) is 5.99. The molecule has 3 N–H and O–H groups in total. The van der Waals surface area contributed by atoms with Gasteiger partial charge in [-0.2, -0.15) is 0 Å². The minimum absolute atomic E-state index is 0.160. The standard InChI is InChI=1S/C17H24N2O/c18-11-16(13-8-4-5-9-13)19-17(20)15-10-14(15)12-6-2-1-3-7-12/h1-3,6-7,13-16H,4-5,8-11,18H2,(H,19,20). The molecule has 3 atom stereocenters. The predicted molar refractivity (Wildman–Crippen MR) is 80.2 cm³/mol. The van der Waals surface area contributed by atoms with Crippen LogP contribution in [0.2, 0.25) is 0 Å². The lowest BCUT2D eigenvalue weighted by atomic mass is 9.98. The Balaban J connectivity index is 1.55. The van der Waals surface area contributed by atoms with Crippen LogP contribution in [0.4, 0.5) is 0 Å². The maximum absolute atomic E-state index is 12.3. The van der Waals surface area contributed by atoms with Gasteiger partial charge in [0.15, 0.2) is 0 Å². The fourth-order valence-electron chi connectivity index (χ4n) is 3.57. The van der Waals surface area contributed by atoms with E-state index in [1.54, 1.807) is 0 Å². The third-order valence-corrected chi connectivity index (χ3v) is 4.91. The molecular formula is C17H24N2O. The molecule has 0 heterocycles. The molecule has 20 heavy (non-hydrogen) atoms. The summed E-state index contributed by atoms with van der Waals surface area (Å²) in [5.74, 6) is 1.38. The lowest BCUT2D eigenvalue weighted by molar-refractivity contribution is -0.123. The lowest BCUT2D eigenvalue weighted by Crippen LogP contribution is -2.45. The minimum atomic E-state index is 0.160. The van der Waals surface area contributed by atoms with Crippen LogP contribution in [0.5, 0.6) is 0 Å². The normalized spacial score (nSPS) is 27.2. The Morgan fingerprint density at radius 2 is 1.95 bits per heavy atom. The third kappa shape index (κ3) is 2.88. The van der Waals surface area contributed by atoms with Crippen LogP contribution in [-0.4, -0.2) is 18.5 Å². The van der Waals surface area contributed by atoms with Crippen LogP contribution >= 0.6 is 0 Å². The Morgan fingerprint density at radius 3 is 2.60 bits per heavy atom. The average molecular weight is 272 g/mol. The maximum Gasteiger partial charge on any atom is 0.224 e. The molecule has 3 rings (SSSR count). The second-order valence-electron chi connectivity index (χ2n) is 6.25. The summed E-state index contributed by atoms with van der Waals surface area (Å²) in [6.45, 7) is 0.569. The smallest absolute Gasteiger partial charge is 0.224 e. The van der Waals surface area contributed by atoms with E-state index in [4.69, 9.17) is 5.73 Å². The number of nitrogens with one attached hydrogen (secondary N) is 1. The van der Waals surface area contributed by atoms with Gasteiger partial charge in [-0.3, -0.25) is 4.79 Å². The number of carbonyl (C=O) groups excluding carboxylic acids is 1. The molecule has 3 unspecified atom stereocenters. The lowest BCUT2D eigenvalue weighted by Gasteiger charge is -2.23. The minimum Gasteiger partial charge on any atom is -0.352 e. The molecule has 1 aromatic rings. The zero-order valence-electron chi connectivity index (χ0n) is 11.9. The zero-order valence-corrected chi connectivity index (χ0v) is 11.9. The van der Waals surface area contributed by atoms with E-state index in [1.165, 1.54) is 31.2 Å². The van der Waals surface area contributed by atoms with Crippen LogP contribution in [0.3, 0.4) is 0 Å². The van der Waals surface area contributed by atoms with Crippen molar-refractivity contribution in [2.75, 3.05) is 6.54 Å². The summed E-state index contributed by atoms with van der Waals surface area (Å²) < 4.78 is 0. The van der Waals surface area contributed by atoms with Gasteiger partial charge in [0.05, 0.1) is 0 Å². The highest BCUT2D eigenvalue weighted by Gasteiger charge is 2.44. The Morgan fingerprint density at radius 1 is 1.25 bits per heavy atom. The summed E-state index contributed by atoms with van der Waals surface area (Å²) in [5.41, 5.74) is 7.14. The van der Waals surface area contributed by atoms with Crippen LogP contribution in [0.25, 0.3) is 0 Å². The van der Waals surface area contributed by atoms with Crippen LogP contribution in [0, 0.1) is 11.8 Å². The van der Waals surface area contributed by atoms with Crippen LogP contribution < -0.4 is 11.1 Å². The van der Waals surface area contributed by atoms with Gasteiger partial charge >= 0.3 is 0 Å². The number of rotatable bonds is 5. The van der Waals surface area contributed by atoms with E-state index in [0.29, 0.717) is 18.4 Å². The van der Waals surface area contributed by atoms with Crippen LogP contribution in [0.1, 0.15) is 43.6 Å². The van der Waals surface area contributed by atoms with Gasteiger partial charge in [-0.05, 0) is 36.7 Å². The number of hydrogen-bond donors (Lipinski definition) is 2. The molecule has 0 aromatic heterocycles. The molecule has 0 aliphatic heterocycles. The monoisotopic (exact) mass is 272 g/mol. The van der Waals surface area contributed by atoms with Crippen molar-refractivity contribution in [3.63, 3.8) is 0 Å². The molecule has 108 valence electrons. The Kier molecular flexibility index (Phi) is 4.06. The second kappa shape index (κ2) is 5.96. The Hall–Kier alpha value is -1.35. The molecule has 0 radical (unpaired) electrons. The number of carbonyl (C=O) groups is 1. The van der Waals surface area contributed by atoms with Crippen molar-refractivity contribution >= 4 is 5.91 Å². The molecule has 1 amide bonds. The van der Waals surface area contributed by atoms with Crippen molar-refractivity contribution in [1.82, 2.24) is 5.32 Å². The molecule has 0 saturated heterocycles. The van der Waals surface area contributed by atoms with Gasteiger partial charge < -0.3 is 11.1 Å². The Labute approximate surface area is 120 Å². The SMILES string of the molecule is NCC(NC(=O)C1CC1c1ccccc1)C1CCCC1. The summed E-state index contributed by atoms with van der Waals surface area (Å²) in [4.78, 5) is 12.3. The first-order valence-electron chi connectivity index (χ1n) is 7.85. The van der Waals surface area contributed by atoms with Crippen molar-refractivity contribution in [3.05, 3.63) is 35.9 Å². The number of amides is 1. The van der Waals surface area contributed by atoms with Crippen LogP contribution in [0.15, 0.2) is 30.3 Å². The predicted octanol–water partition coefficient (Wildman–Crippen LogP) is 2.42. The highest BCUT2D eigenvalue weighted by Crippen LogP contribution is 2.47. The van der Waals surface area contributed by atoms with Crippen molar-refractivity contribution in [2.45, 2.75) is 44.1 Å². The number of hydrogen-bond acceptors (Lipinski definition) is 2. The van der Waals surface area contributed by atoms with Gasteiger partial charge in [-0.15, -0.1) is 0 Å². The molecule has 3 heteroatoms. The quantitative estimate of drug-likeness (QED) is 0.865. The molecule has 0 spiro atoms. The topological polar surface area (TPSA) is 55.1 Å². The fourth-order valence-corrected chi connectivity index (χ4v) is 3.57. The number of nitrogens with two attached hydrogens (primary N) is 1. The Bertz CT molecular complexity index is 453. The first-order chi connectivity index (χ1) is 9.79. The van der Waals surface area contributed by atoms with E-state index in [9.17, 15) is 4.79 Å². The molecule has 3 nitrogen and oxygen atoms in total. The molecule has 0 bridgehead atoms. The number of benzene rings is 1. The molecular weight excluding hydrogens is 248 g/mol. The fraction of sp³-hybridized carbons (Fsp3) is 0.588. The van der Waals surface area contributed by atoms with Crippen molar-refractivity contribution < 1.29 is 4.79 Å². The van der Waals surface area contributed by atoms with E-state index in [1.807, 2.05) is 18.2 Å². The summed E-state index contributed by atoms with van der Waals surface area (Å²) >= 11 is 0. The summed E-state index contributed by atoms with van der Waals surface area (Å²) in [6, 6.07) is 10.5. The molecule has 2 saturated carbocycles. The first kappa shape index (κ1) is 13.6. The third-order valence-electron chi connectivity index (χ3n) is 4.91. The van der Waals surface area contributed by atoms with Gasteiger partial charge in [0.25, 0.3) is 0 Å². The molecule has 2 aliphatic carbocycles. The van der Waals surface area contributed by atoms with E-state index in [2.05, 4.69) is 17.4 Å². The van der Waals surface area contributed by atoms with Crippen molar-refractivity contribution in [1.29, 1.82) is 0 Å². The van der Waals surface area contributed by atoms with E-state index < -0.39 is 0 Å². The highest BCUT2D eigenvalue weighted by molar-refractivity contribution is 5.83. The van der Waals surface area contributed by atoms with E-state index in [0.717, 1.165) is 6.42 Å². The van der Waals surface area contributed by atoms with Crippen molar-refractivity contribution in [3.8, 4) is 0 Å². The van der Waals surface area contributed by atoms with E-state index in [-0.39, 0.29) is 17.9 Å². The summed E-state index contributed by atoms with van der Waals surface area (Å²) in [7, 11) is 0. The van der Waals surface area contributed by atoms with Gasteiger partial charge in [0.2, 0.25) is 5.91 Å². The molecule has 1 aromatic carbocycles. The van der Waals surface area contributed by atoms with E-state index >= 15 is 0 Å². The zero-order chi connectivity index (χ0) is 13.9. The van der Waals surface area contributed by atoms with Gasteiger partial charge in [0.1, 0.15) is 0 Å². The summed E-state index contributed by atoms with van der Waals surface area (Å²) in [5, 5.41) is 3.21. The molecule has 2 aliphatic rings. The average Bonchev–Trinajstić information content (AvgIpc) is 3.12. The van der Waals surface area contributed by atoms with Gasteiger partial charge in [-0.1, -0.05) is 43.2 Å². The first-order valence-corrected chi connectivity index (χ1v) is 7.85. The largest absolute Gasteiger partial charge is 0.352 e. The maximum atomic E-state index is 12.3. The van der Waals surface area contributed by atoms with Crippen LogP contribution in [-0.2, 0) is 4.79 Å². The van der Waals surface area contributed by atoms with Crippen molar-refractivity contribution in [2.24, 2.45) is 17.6 Å². The van der Waals surface area contributed by atoms with Gasteiger partial charge in [-0.25, -0.2) is 0 Å². The highest BCUT2D eigenvalue weighted by atomic mass is 16.2.